The zero-order chi connectivity index (χ0) is 12.6. The average Bonchev–Trinajstić information content (AvgIpc) is 2.99. The molecule has 0 atom stereocenters. The van der Waals surface area contributed by atoms with Crippen molar-refractivity contribution in [3.63, 3.8) is 0 Å². The first-order chi connectivity index (χ1) is 7.99. The first kappa shape index (κ1) is 12.1. The lowest BCUT2D eigenvalue weighted by molar-refractivity contribution is -0.384. The van der Waals surface area contributed by atoms with Gasteiger partial charge in [-0.05, 0) is 25.0 Å². The Hall–Kier alpha value is -1.33. The van der Waals surface area contributed by atoms with Gasteiger partial charge in [0.25, 0.3) is 5.91 Å². The second kappa shape index (κ2) is 4.50. The summed E-state index contributed by atoms with van der Waals surface area (Å²) in [5, 5.41) is 13.1. The minimum atomic E-state index is -0.673. The maximum Gasteiger partial charge on any atom is 0.306 e. The van der Waals surface area contributed by atoms with Gasteiger partial charge in [0.15, 0.2) is 0 Å². The summed E-state index contributed by atoms with van der Waals surface area (Å²) < 4.78 is 0. The number of amides is 1. The number of halogens is 2. The highest BCUT2D eigenvalue weighted by Crippen LogP contribution is 2.33. The first-order valence-corrected chi connectivity index (χ1v) is 5.69. The van der Waals surface area contributed by atoms with Crippen molar-refractivity contribution in [3.05, 3.63) is 37.9 Å². The molecule has 1 saturated carbocycles. The maximum atomic E-state index is 11.7. The molecule has 0 bridgehead atoms. The number of rotatable bonds is 3. The Morgan fingerprint density at radius 1 is 1.35 bits per heavy atom. The van der Waals surface area contributed by atoms with Gasteiger partial charge >= 0.3 is 5.69 Å². The molecule has 0 spiro atoms. The van der Waals surface area contributed by atoms with Crippen LogP contribution in [0.3, 0.4) is 0 Å². The van der Waals surface area contributed by atoms with Crippen LogP contribution in [0.25, 0.3) is 0 Å². The molecule has 0 aliphatic heterocycles. The minimum Gasteiger partial charge on any atom is -0.349 e. The van der Waals surface area contributed by atoms with Crippen molar-refractivity contribution in [2.24, 2.45) is 0 Å². The quantitative estimate of drug-likeness (QED) is 0.681. The van der Waals surface area contributed by atoms with Crippen LogP contribution in [0.15, 0.2) is 12.1 Å². The van der Waals surface area contributed by atoms with Crippen LogP contribution < -0.4 is 5.32 Å². The largest absolute Gasteiger partial charge is 0.349 e. The topological polar surface area (TPSA) is 72.2 Å². The van der Waals surface area contributed by atoms with Crippen LogP contribution in [0, 0.1) is 10.1 Å². The number of nitro benzene ring substituents is 1. The Bertz CT molecular complexity index is 477. The molecule has 0 saturated heterocycles. The molecule has 1 fully saturated rings. The fourth-order valence-corrected chi connectivity index (χ4v) is 1.99. The van der Waals surface area contributed by atoms with Gasteiger partial charge in [-0.3, -0.25) is 14.9 Å². The molecule has 0 unspecified atom stereocenters. The molecule has 90 valence electrons. The summed E-state index contributed by atoms with van der Waals surface area (Å²) in [5.74, 6) is -0.314. The van der Waals surface area contributed by atoms with Gasteiger partial charge in [0.1, 0.15) is 10.0 Å². The summed E-state index contributed by atoms with van der Waals surface area (Å²) in [6.45, 7) is 0. The number of benzene rings is 1. The lowest BCUT2D eigenvalue weighted by atomic mass is 10.2. The van der Waals surface area contributed by atoms with Crippen molar-refractivity contribution in [2.75, 3.05) is 0 Å². The van der Waals surface area contributed by atoms with Crippen molar-refractivity contribution in [2.45, 2.75) is 18.9 Å². The zero-order valence-electron chi connectivity index (χ0n) is 8.57. The van der Waals surface area contributed by atoms with Crippen LogP contribution in [-0.4, -0.2) is 16.9 Å². The molecule has 1 aliphatic carbocycles. The summed E-state index contributed by atoms with van der Waals surface area (Å²) in [6, 6.07) is 2.71. The average molecular weight is 275 g/mol. The SMILES string of the molecule is O=C(NC1CC1)c1cc(Cl)c([N+](=O)[O-])c(Cl)c1. The minimum absolute atomic E-state index is 0.136. The van der Waals surface area contributed by atoms with E-state index in [-0.39, 0.29) is 33.2 Å². The number of hydrogen-bond donors (Lipinski definition) is 1. The van der Waals surface area contributed by atoms with Gasteiger partial charge in [-0.1, -0.05) is 23.2 Å². The predicted molar refractivity (Wildman–Crippen MR) is 63.6 cm³/mol. The molecule has 1 aromatic rings. The summed E-state index contributed by atoms with van der Waals surface area (Å²) in [6.07, 6.45) is 1.92. The Kier molecular flexibility index (Phi) is 3.22. The Morgan fingerprint density at radius 3 is 2.29 bits per heavy atom. The van der Waals surface area contributed by atoms with Crippen LogP contribution in [0.2, 0.25) is 10.0 Å². The third-order valence-corrected chi connectivity index (χ3v) is 2.95. The molecule has 0 radical (unpaired) electrons. The predicted octanol–water partition coefficient (Wildman–Crippen LogP) is 2.79. The van der Waals surface area contributed by atoms with E-state index in [9.17, 15) is 14.9 Å². The molecule has 0 heterocycles. The number of nitrogens with zero attached hydrogens (tertiary/aromatic N) is 1. The van der Waals surface area contributed by atoms with Crippen LogP contribution in [0.5, 0.6) is 0 Å². The monoisotopic (exact) mass is 274 g/mol. The smallest absolute Gasteiger partial charge is 0.306 e. The summed E-state index contributed by atoms with van der Waals surface area (Å²) in [4.78, 5) is 21.7. The molecular formula is C10H8Cl2N2O3. The fraction of sp³-hybridized carbons (Fsp3) is 0.300. The molecule has 2 rings (SSSR count). The van der Waals surface area contributed by atoms with Crippen LogP contribution in [0.4, 0.5) is 5.69 Å². The molecule has 1 aliphatic rings. The number of carbonyl (C=O) groups is 1. The highest BCUT2D eigenvalue weighted by atomic mass is 35.5. The second-order valence-corrected chi connectivity index (χ2v) is 4.61. The Labute approximate surface area is 107 Å². The maximum absolute atomic E-state index is 11.7. The standard InChI is InChI=1S/C10H8Cl2N2O3/c11-7-3-5(10(15)13-6-1-2-6)4-8(12)9(7)14(16)17/h3-4,6H,1-2H2,(H,13,15). The van der Waals surface area contributed by atoms with Crippen LogP contribution >= 0.6 is 23.2 Å². The van der Waals surface area contributed by atoms with Crippen molar-refractivity contribution >= 4 is 34.8 Å². The third kappa shape index (κ3) is 2.68. The van der Waals surface area contributed by atoms with Crippen molar-refractivity contribution < 1.29 is 9.72 Å². The molecule has 17 heavy (non-hydrogen) atoms. The number of hydrogen-bond acceptors (Lipinski definition) is 3. The second-order valence-electron chi connectivity index (χ2n) is 3.79. The van der Waals surface area contributed by atoms with Gasteiger partial charge in [0, 0.05) is 11.6 Å². The molecule has 0 aromatic heterocycles. The fourth-order valence-electron chi connectivity index (χ4n) is 1.37. The number of carbonyl (C=O) groups excluding carboxylic acids is 1. The van der Waals surface area contributed by atoms with Gasteiger partial charge in [0.2, 0.25) is 0 Å². The van der Waals surface area contributed by atoms with Crippen molar-refractivity contribution in [1.82, 2.24) is 5.32 Å². The van der Waals surface area contributed by atoms with Gasteiger partial charge in [-0.25, -0.2) is 0 Å². The van der Waals surface area contributed by atoms with E-state index in [0.29, 0.717) is 0 Å². The zero-order valence-corrected chi connectivity index (χ0v) is 10.1. The molecule has 1 N–H and O–H groups in total. The lowest BCUT2D eigenvalue weighted by Gasteiger charge is -2.05. The van der Waals surface area contributed by atoms with E-state index in [2.05, 4.69) is 5.32 Å². The third-order valence-electron chi connectivity index (χ3n) is 2.37. The normalized spacial score (nSPS) is 14.5. The Morgan fingerprint density at radius 2 is 1.88 bits per heavy atom. The molecule has 7 heteroatoms. The Balaban J connectivity index is 2.30. The summed E-state index contributed by atoms with van der Waals surface area (Å²) in [5.41, 5.74) is -0.145. The van der Waals surface area contributed by atoms with Gasteiger partial charge in [-0.15, -0.1) is 0 Å². The molecule has 1 amide bonds. The van der Waals surface area contributed by atoms with E-state index < -0.39 is 4.92 Å². The molecular weight excluding hydrogens is 267 g/mol. The van der Waals surface area contributed by atoms with E-state index in [0.717, 1.165) is 12.8 Å². The van der Waals surface area contributed by atoms with Crippen LogP contribution in [0.1, 0.15) is 23.2 Å². The van der Waals surface area contributed by atoms with E-state index in [4.69, 9.17) is 23.2 Å². The van der Waals surface area contributed by atoms with E-state index >= 15 is 0 Å². The van der Waals surface area contributed by atoms with Crippen LogP contribution in [-0.2, 0) is 0 Å². The number of nitro groups is 1. The highest BCUT2D eigenvalue weighted by molar-refractivity contribution is 6.38. The van der Waals surface area contributed by atoms with E-state index in [1.54, 1.807) is 0 Å². The molecule has 5 nitrogen and oxygen atoms in total. The van der Waals surface area contributed by atoms with E-state index in [1.165, 1.54) is 12.1 Å². The summed E-state index contributed by atoms with van der Waals surface area (Å²) in [7, 11) is 0. The van der Waals surface area contributed by atoms with Gasteiger partial charge in [-0.2, -0.15) is 0 Å². The van der Waals surface area contributed by atoms with Crippen molar-refractivity contribution in [1.29, 1.82) is 0 Å². The molecule has 1 aromatic carbocycles. The summed E-state index contributed by atoms with van der Waals surface area (Å²) >= 11 is 11.4. The van der Waals surface area contributed by atoms with E-state index in [1.807, 2.05) is 0 Å². The lowest BCUT2D eigenvalue weighted by Crippen LogP contribution is -2.25. The van der Waals surface area contributed by atoms with Crippen molar-refractivity contribution in [3.8, 4) is 0 Å². The van der Waals surface area contributed by atoms with Gasteiger partial charge < -0.3 is 5.32 Å². The first-order valence-electron chi connectivity index (χ1n) is 4.93. The number of nitrogens with one attached hydrogen (secondary N) is 1. The highest BCUT2D eigenvalue weighted by Gasteiger charge is 2.26. The van der Waals surface area contributed by atoms with Gasteiger partial charge in [0.05, 0.1) is 4.92 Å².